The number of nitrogens with zero attached hydrogens (tertiary/aromatic N) is 1. The van der Waals surface area contributed by atoms with Crippen LogP contribution in [0.25, 0.3) is 0 Å². The molecular formula is C27H25F5N2O. The highest BCUT2D eigenvalue weighted by Crippen LogP contribution is 2.32. The number of halogens is 5. The third-order valence-electron chi connectivity index (χ3n) is 6.30. The van der Waals surface area contributed by atoms with Gasteiger partial charge in [0, 0.05) is 37.8 Å². The molecule has 0 saturated carbocycles. The van der Waals surface area contributed by atoms with Crippen molar-refractivity contribution in [1.29, 1.82) is 0 Å². The standard InChI is InChI=1S/C27H25F5N2O/c28-24-10-9-20(25(29)13-24)15-34-16-21(19-6-2-1-3-7-19)12-22(17-34)26(35)33-14-18-5-4-8-23(11-18)27(30,31)32/h1-11,13,21-22H,12,14-17H2,(H,33,35). The van der Waals surface area contributed by atoms with Crippen LogP contribution in [0.3, 0.4) is 0 Å². The molecule has 0 aromatic heterocycles. The molecule has 35 heavy (non-hydrogen) atoms. The lowest BCUT2D eigenvalue weighted by Gasteiger charge is -2.37. The second-order valence-electron chi connectivity index (χ2n) is 8.89. The van der Waals surface area contributed by atoms with Crippen LogP contribution in [0.5, 0.6) is 0 Å². The Kier molecular flexibility index (Phi) is 7.50. The normalized spacial score (nSPS) is 18.9. The second-order valence-corrected chi connectivity index (χ2v) is 8.89. The van der Waals surface area contributed by atoms with Crippen LogP contribution in [-0.4, -0.2) is 23.9 Å². The van der Waals surface area contributed by atoms with E-state index in [1.54, 1.807) is 0 Å². The smallest absolute Gasteiger partial charge is 0.352 e. The predicted molar refractivity (Wildman–Crippen MR) is 122 cm³/mol. The van der Waals surface area contributed by atoms with Crippen molar-refractivity contribution in [2.45, 2.75) is 31.6 Å². The maximum Gasteiger partial charge on any atom is 0.416 e. The minimum Gasteiger partial charge on any atom is -0.352 e. The van der Waals surface area contributed by atoms with Gasteiger partial charge in [0.15, 0.2) is 0 Å². The monoisotopic (exact) mass is 488 g/mol. The summed E-state index contributed by atoms with van der Waals surface area (Å²) >= 11 is 0. The fourth-order valence-corrected chi connectivity index (χ4v) is 4.56. The molecule has 1 amide bonds. The SMILES string of the molecule is O=C(NCc1cccc(C(F)(F)F)c1)C1CC(c2ccccc2)CN(Cc2ccc(F)cc2F)C1. The minimum atomic E-state index is -4.46. The lowest BCUT2D eigenvalue weighted by molar-refractivity contribution is -0.137. The van der Waals surface area contributed by atoms with Gasteiger partial charge in [-0.1, -0.05) is 48.5 Å². The molecule has 2 unspecified atom stereocenters. The average Bonchev–Trinajstić information content (AvgIpc) is 2.84. The zero-order chi connectivity index (χ0) is 25.0. The van der Waals surface area contributed by atoms with Crippen molar-refractivity contribution < 1.29 is 26.7 Å². The van der Waals surface area contributed by atoms with Crippen molar-refractivity contribution in [3.63, 3.8) is 0 Å². The topological polar surface area (TPSA) is 32.3 Å². The van der Waals surface area contributed by atoms with Gasteiger partial charge in [0.1, 0.15) is 11.6 Å². The van der Waals surface area contributed by atoms with E-state index in [4.69, 9.17) is 0 Å². The fourth-order valence-electron chi connectivity index (χ4n) is 4.56. The molecule has 0 spiro atoms. The van der Waals surface area contributed by atoms with Crippen molar-refractivity contribution in [2.24, 2.45) is 5.92 Å². The highest BCUT2D eigenvalue weighted by molar-refractivity contribution is 5.79. The van der Waals surface area contributed by atoms with E-state index in [2.05, 4.69) is 5.32 Å². The first-order valence-corrected chi connectivity index (χ1v) is 11.3. The average molecular weight is 489 g/mol. The molecule has 184 valence electrons. The number of benzene rings is 3. The molecule has 8 heteroatoms. The van der Waals surface area contributed by atoms with Gasteiger partial charge in [-0.15, -0.1) is 0 Å². The number of amides is 1. The number of likely N-dealkylation sites (tertiary alicyclic amines) is 1. The van der Waals surface area contributed by atoms with Gasteiger partial charge in [0.05, 0.1) is 11.5 Å². The minimum absolute atomic E-state index is 0.0118. The number of nitrogens with one attached hydrogen (secondary N) is 1. The first-order valence-electron chi connectivity index (χ1n) is 11.3. The summed E-state index contributed by atoms with van der Waals surface area (Å²) in [5.74, 6) is -2.00. The van der Waals surface area contributed by atoms with Crippen LogP contribution in [0.1, 0.15) is 34.6 Å². The number of rotatable bonds is 6. The Morgan fingerprint density at radius 2 is 1.71 bits per heavy atom. The van der Waals surface area contributed by atoms with Gasteiger partial charge in [0.2, 0.25) is 5.91 Å². The van der Waals surface area contributed by atoms with Crippen LogP contribution in [0.2, 0.25) is 0 Å². The zero-order valence-corrected chi connectivity index (χ0v) is 18.9. The molecule has 1 N–H and O–H groups in total. The number of hydrogen-bond donors (Lipinski definition) is 1. The summed E-state index contributed by atoms with van der Waals surface area (Å²) in [7, 11) is 0. The van der Waals surface area contributed by atoms with Gasteiger partial charge in [-0.3, -0.25) is 9.69 Å². The van der Waals surface area contributed by atoms with E-state index in [0.29, 0.717) is 30.6 Å². The molecule has 3 aromatic rings. The number of carbonyl (C=O) groups is 1. The Balaban J connectivity index is 1.48. The number of piperidine rings is 1. The number of hydrogen-bond acceptors (Lipinski definition) is 2. The van der Waals surface area contributed by atoms with E-state index < -0.39 is 29.3 Å². The van der Waals surface area contributed by atoms with Crippen LogP contribution in [0.4, 0.5) is 22.0 Å². The number of alkyl halides is 3. The quantitative estimate of drug-likeness (QED) is 0.438. The van der Waals surface area contributed by atoms with Crippen LogP contribution >= 0.6 is 0 Å². The zero-order valence-electron chi connectivity index (χ0n) is 18.9. The molecule has 1 aliphatic rings. The maximum atomic E-state index is 14.3. The molecule has 1 saturated heterocycles. The van der Waals surface area contributed by atoms with E-state index in [1.807, 2.05) is 35.2 Å². The molecule has 1 heterocycles. The van der Waals surface area contributed by atoms with Gasteiger partial charge in [-0.05, 0) is 41.7 Å². The molecule has 2 atom stereocenters. The Morgan fingerprint density at radius 1 is 0.943 bits per heavy atom. The molecule has 0 radical (unpaired) electrons. The largest absolute Gasteiger partial charge is 0.416 e. The summed E-state index contributed by atoms with van der Waals surface area (Å²) in [6, 6.07) is 18.0. The van der Waals surface area contributed by atoms with Crippen LogP contribution in [0.15, 0.2) is 72.8 Å². The summed E-state index contributed by atoms with van der Waals surface area (Å²) < 4.78 is 66.6. The van der Waals surface area contributed by atoms with Crippen molar-refractivity contribution >= 4 is 5.91 Å². The molecule has 0 bridgehead atoms. The van der Waals surface area contributed by atoms with E-state index in [9.17, 15) is 26.7 Å². The maximum absolute atomic E-state index is 14.3. The molecule has 3 aromatic carbocycles. The Hall–Kier alpha value is -3.26. The van der Waals surface area contributed by atoms with E-state index >= 15 is 0 Å². The van der Waals surface area contributed by atoms with Gasteiger partial charge in [-0.25, -0.2) is 8.78 Å². The fraction of sp³-hybridized carbons (Fsp3) is 0.296. The van der Waals surface area contributed by atoms with E-state index in [1.165, 1.54) is 24.3 Å². The first kappa shape index (κ1) is 24.9. The van der Waals surface area contributed by atoms with Gasteiger partial charge in [0.25, 0.3) is 0 Å². The van der Waals surface area contributed by atoms with Crippen molar-refractivity contribution in [2.75, 3.05) is 13.1 Å². The number of carbonyl (C=O) groups excluding carboxylic acids is 1. The summed E-state index contributed by atoms with van der Waals surface area (Å²) in [5, 5.41) is 2.77. The van der Waals surface area contributed by atoms with Crippen molar-refractivity contribution in [1.82, 2.24) is 10.2 Å². The van der Waals surface area contributed by atoms with Crippen LogP contribution in [0, 0.1) is 17.6 Å². The molecule has 4 rings (SSSR count). The van der Waals surface area contributed by atoms with Gasteiger partial charge in [-0.2, -0.15) is 13.2 Å². The molecule has 1 aliphatic heterocycles. The molecule has 0 aliphatic carbocycles. The third-order valence-corrected chi connectivity index (χ3v) is 6.30. The van der Waals surface area contributed by atoms with E-state index in [0.717, 1.165) is 23.8 Å². The lowest BCUT2D eigenvalue weighted by Crippen LogP contribution is -2.45. The second kappa shape index (κ2) is 10.6. The third kappa shape index (κ3) is 6.45. The van der Waals surface area contributed by atoms with Gasteiger partial charge >= 0.3 is 6.18 Å². The molecule has 1 fully saturated rings. The van der Waals surface area contributed by atoms with E-state index in [-0.39, 0.29) is 24.9 Å². The summed E-state index contributed by atoms with van der Waals surface area (Å²) in [6.07, 6.45) is -3.90. The summed E-state index contributed by atoms with van der Waals surface area (Å²) in [6.45, 7) is 1.14. The highest BCUT2D eigenvalue weighted by Gasteiger charge is 2.33. The Bertz CT molecular complexity index is 1170. The summed E-state index contributed by atoms with van der Waals surface area (Å²) in [4.78, 5) is 15.0. The first-order chi connectivity index (χ1) is 16.7. The Labute approximate surface area is 200 Å². The van der Waals surface area contributed by atoms with Crippen molar-refractivity contribution in [3.8, 4) is 0 Å². The van der Waals surface area contributed by atoms with Crippen LogP contribution in [-0.2, 0) is 24.1 Å². The van der Waals surface area contributed by atoms with Gasteiger partial charge < -0.3 is 5.32 Å². The summed E-state index contributed by atoms with van der Waals surface area (Å²) in [5.41, 5.74) is 0.975. The highest BCUT2D eigenvalue weighted by atomic mass is 19.4. The van der Waals surface area contributed by atoms with Crippen LogP contribution < -0.4 is 5.32 Å². The molecule has 3 nitrogen and oxygen atoms in total. The lowest BCUT2D eigenvalue weighted by atomic mass is 9.84. The predicted octanol–water partition coefficient (Wildman–Crippen LogP) is 5.91. The molecular weight excluding hydrogens is 463 g/mol. The van der Waals surface area contributed by atoms with Crippen molar-refractivity contribution in [3.05, 3.63) is 107 Å². The Morgan fingerprint density at radius 3 is 2.43 bits per heavy atom.